The zero-order valence-electron chi connectivity index (χ0n) is 13.0. The molecule has 3 aromatic heterocycles. The van der Waals surface area contributed by atoms with Crippen LogP contribution in [-0.2, 0) is 6.54 Å². The lowest BCUT2D eigenvalue weighted by Crippen LogP contribution is -2.04. The molecule has 0 spiro atoms. The molecule has 1 aliphatic heterocycles. The fourth-order valence-corrected chi connectivity index (χ4v) is 3.51. The number of para-hydroxylation sites is 1. The van der Waals surface area contributed by atoms with Gasteiger partial charge in [0.2, 0.25) is 0 Å². The molecule has 4 heterocycles. The summed E-state index contributed by atoms with van der Waals surface area (Å²) in [4.78, 5) is 13.3. The minimum Gasteiger partial charge on any atom is -0.383 e. The number of pyridine rings is 1. The molecule has 0 fully saturated rings. The predicted octanol–water partition coefficient (Wildman–Crippen LogP) is 3.65. The Morgan fingerprint density at radius 1 is 1.08 bits per heavy atom. The molecule has 0 atom stereocenters. The van der Waals surface area contributed by atoms with Crippen LogP contribution in [0.5, 0.6) is 0 Å². The molecule has 1 aliphatic rings. The minimum absolute atomic E-state index is 0.512. The lowest BCUT2D eigenvalue weighted by molar-refractivity contribution is 0.713. The fourth-order valence-electron chi connectivity index (χ4n) is 3.51. The number of hydrogen-bond donors (Lipinski definition) is 1. The third-order valence-electron chi connectivity index (χ3n) is 4.58. The largest absolute Gasteiger partial charge is 0.383 e. The molecule has 1 aromatic carbocycles. The summed E-state index contributed by atoms with van der Waals surface area (Å²) in [7, 11) is 0. The van der Waals surface area contributed by atoms with Crippen molar-refractivity contribution in [3.63, 3.8) is 0 Å². The number of rotatable bonds is 1. The van der Waals surface area contributed by atoms with Crippen molar-refractivity contribution in [3.8, 4) is 11.1 Å². The molecular weight excluding hydrogens is 298 g/mol. The molecule has 24 heavy (non-hydrogen) atoms. The van der Waals surface area contributed by atoms with Crippen molar-refractivity contribution < 1.29 is 0 Å². The van der Waals surface area contributed by atoms with Crippen molar-refractivity contribution in [3.05, 3.63) is 54.6 Å². The van der Waals surface area contributed by atoms with Gasteiger partial charge in [0.25, 0.3) is 0 Å². The summed E-state index contributed by atoms with van der Waals surface area (Å²) < 4.78 is 2.22. The summed E-state index contributed by atoms with van der Waals surface area (Å²) in [5.41, 5.74) is 11.3. The van der Waals surface area contributed by atoms with Crippen molar-refractivity contribution in [2.75, 3.05) is 5.73 Å². The summed E-state index contributed by atoms with van der Waals surface area (Å²) in [6.07, 6.45) is 8.78. The Morgan fingerprint density at radius 2 is 2.00 bits per heavy atom. The molecule has 5 heteroatoms. The third-order valence-corrected chi connectivity index (χ3v) is 4.58. The maximum atomic E-state index is 6.21. The van der Waals surface area contributed by atoms with Crippen LogP contribution in [0.15, 0.2) is 48.9 Å². The van der Waals surface area contributed by atoms with Gasteiger partial charge in [-0.05, 0) is 24.6 Å². The quantitative estimate of drug-likeness (QED) is 0.582. The Balaban J connectivity index is 1.90. The van der Waals surface area contributed by atoms with Crippen LogP contribution >= 0.6 is 0 Å². The summed E-state index contributed by atoms with van der Waals surface area (Å²) in [6.45, 7) is 0.903. The van der Waals surface area contributed by atoms with E-state index in [2.05, 4.69) is 43.8 Å². The van der Waals surface area contributed by atoms with Gasteiger partial charge < -0.3 is 10.3 Å². The summed E-state index contributed by atoms with van der Waals surface area (Å²) in [5, 5.41) is 2.02. The first-order valence-corrected chi connectivity index (χ1v) is 7.97. The Labute approximate surface area is 138 Å². The highest BCUT2D eigenvalue weighted by Crippen LogP contribution is 2.39. The lowest BCUT2D eigenvalue weighted by Gasteiger charge is -2.11. The molecule has 0 saturated carbocycles. The Kier molecular flexibility index (Phi) is 2.70. The second-order valence-corrected chi connectivity index (χ2v) is 5.98. The molecular formula is C19H15N5. The average molecular weight is 313 g/mol. The molecule has 4 aromatic rings. The van der Waals surface area contributed by atoms with E-state index in [1.165, 1.54) is 6.33 Å². The number of anilines is 1. The van der Waals surface area contributed by atoms with Crippen molar-refractivity contribution in [1.29, 1.82) is 0 Å². The van der Waals surface area contributed by atoms with E-state index in [1.54, 1.807) is 0 Å². The van der Waals surface area contributed by atoms with Crippen LogP contribution in [0.2, 0.25) is 0 Å². The number of benzene rings is 1. The zero-order valence-corrected chi connectivity index (χ0v) is 13.0. The van der Waals surface area contributed by atoms with Gasteiger partial charge in [-0.15, -0.1) is 0 Å². The number of allylic oxidation sites excluding steroid dienone is 1. The van der Waals surface area contributed by atoms with Gasteiger partial charge in [-0.1, -0.05) is 24.3 Å². The summed E-state index contributed by atoms with van der Waals surface area (Å²) in [6, 6.07) is 10.3. The van der Waals surface area contributed by atoms with Crippen molar-refractivity contribution >= 4 is 33.8 Å². The van der Waals surface area contributed by atoms with E-state index in [4.69, 9.17) is 5.73 Å². The highest BCUT2D eigenvalue weighted by Gasteiger charge is 2.22. The minimum atomic E-state index is 0.512. The van der Waals surface area contributed by atoms with E-state index in [0.717, 1.165) is 51.7 Å². The zero-order chi connectivity index (χ0) is 16.1. The molecule has 0 aliphatic carbocycles. The molecule has 2 N–H and O–H groups in total. The third kappa shape index (κ3) is 1.78. The van der Waals surface area contributed by atoms with Crippen LogP contribution in [0.3, 0.4) is 0 Å². The Hall–Kier alpha value is -3.21. The molecule has 5 nitrogen and oxygen atoms in total. The molecule has 0 bridgehead atoms. The Bertz CT molecular complexity index is 1120. The van der Waals surface area contributed by atoms with Crippen LogP contribution in [0, 0.1) is 0 Å². The predicted molar refractivity (Wildman–Crippen MR) is 96.3 cm³/mol. The average Bonchev–Trinajstić information content (AvgIpc) is 2.97. The molecule has 5 rings (SSSR count). The van der Waals surface area contributed by atoms with Crippen molar-refractivity contribution in [2.45, 2.75) is 13.0 Å². The second-order valence-electron chi connectivity index (χ2n) is 5.98. The topological polar surface area (TPSA) is 69.6 Å². The molecule has 0 amide bonds. The Morgan fingerprint density at radius 3 is 2.96 bits per heavy atom. The fraction of sp³-hybridized carbons (Fsp3) is 0.105. The van der Waals surface area contributed by atoms with Crippen LogP contribution in [0.4, 0.5) is 5.82 Å². The number of nitrogens with two attached hydrogens (primary N) is 1. The van der Waals surface area contributed by atoms with E-state index >= 15 is 0 Å². The lowest BCUT2D eigenvalue weighted by atomic mass is 10.0. The van der Waals surface area contributed by atoms with Crippen molar-refractivity contribution in [1.82, 2.24) is 19.5 Å². The summed E-state index contributed by atoms with van der Waals surface area (Å²) in [5.74, 6) is 0.512. The van der Waals surface area contributed by atoms with Gasteiger partial charge >= 0.3 is 0 Å². The van der Waals surface area contributed by atoms with Gasteiger partial charge in [-0.2, -0.15) is 0 Å². The highest BCUT2D eigenvalue weighted by molar-refractivity contribution is 6.05. The number of aromatic nitrogens is 4. The van der Waals surface area contributed by atoms with Gasteiger partial charge in [0, 0.05) is 29.3 Å². The normalized spacial score (nSPS) is 13.5. The van der Waals surface area contributed by atoms with Gasteiger partial charge in [-0.3, -0.25) is 4.98 Å². The van der Waals surface area contributed by atoms with E-state index in [9.17, 15) is 0 Å². The van der Waals surface area contributed by atoms with Crippen LogP contribution in [-0.4, -0.2) is 19.5 Å². The first kappa shape index (κ1) is 13.2. The van der Waals surface area contributed by atoms with Crippen LogP contribution in [0.1, 0.15) is 12.1 Å². The first-order valence-electron chi connectivity index (χ1n) is 7.97. The number of nitrogen functional groups attached to an aromatic ring is 1. The van der Waals surface area contributed by atoms with E-state index < -0.39 is 0 Å². The molecule has 0 radical (unpaired) electrons. The van der Waals surface area contributed by atoms with Gasteiger partial charge in [-0.25, -0.2) is 9.97 Å². The van der Waals surface area contributed by atoms with E-state index in [1.807, 2.05) is 24.4 Å². The smallest absolute Gasteiger partial charge is 0.146 e. The van der Waals surface area contributed by atoms with Gasteiger partial charge in [0.05, 0.1) is 16.6 Å². The molecule has 0 unspecified atom stereocenters. The van der Waals surface area contributed by atoms with Crippen molar-refractivity contribution in [2.24, 2.45) is 0 Å². The van der Waals surface area contributed by atoms with Gasteiger partial charge in [0.1, 0.15) is 17.8 Å². The van der Waals surface area contributed by atoms with E-state index in [-0.39, 0.29) is 0 Å². The maximum absolute atomic E-state index is 6.21. The van der Waals surface area contributed by atoms with Crippen LogP contribution < -0.4 is 5.73 Å². The highest BCUT2D eigenvalue weighted by atomic mass is 15.1. The molecule has 116 valence electrons. The van der Waals surface area contributed by atoms with E-state index in [0.29, 0.717) is 5.82 Å². The summed E-state index contributed by atoms with van der Waals surface area (Å²) >= 11 is 0. The number of nitrogens with zero attached hydrogens (tertiary/aromatic N) is 4. The number of fused-ring (bicyclic) bond motifs is 4. The monoisotopic (exact) mass is 313 g/mol. The first-order chi connectivity index (χ1) is 11.8. The standard InChI is InChI=1S/C19H15N5/c20-18-17-16(13-9-12-5-1-2-6-14(12)21-10-13)15-7-3-4-8-24(15)19(17)23-11-22-18/h1-3,5-7,9-11H,4,8H2,(H2,20,22,23). The SMILES string of the molecule is Nc1ncnc2c1c(-c1cnc3ccccc3c1)c1n2CCC=C1. The molecule has 0 saturated heterocycles. The number of hydrogen-bond acceptors (Lipinski definition) is 4. The second kappa shape index (κ2) is 4.89. The maximum Gasteiger partial charge on any atom is 0.146 e. The van der Waals surface area contributed by atoms with Gasteiger partial charge in [0.15, 0.2) is 0 Å². The number of aryl methyl sites for hydroxylation is 1. The van der Waals surface area contributed by atoms with Crippen LogP contribution in [0.25, 0.3) is 39.1 Å².